The molecule has 0 spiro atoms. The molecule has 8 heteroatoms. The highest BCUT2D eigenvalue weighted by atomic mass is 32.2. The average molecular weight is 436 g/mol. The van der Waals surface area contributed by atoms with Crippen LogP contribution in [-0.4, -0.2) is 34.5 Å². The first-order valence-corrected chi connectivity index (χ1v) is 10.7. The molecule has 0 N–H and O–H groups in total. The summed E-state index contributed by atoms with van der Waals surface area (Å²) in [4.78, 5) is 11.6. The average Bonchev–Trinajstić information content (AvgIpc) is 3.46. The second-order valence-corrected chi connectivity index (χ2v) is 7.42. The van der Waals surface area contributed by atoms with Gasteiger partial charge in [0.1, 0.15) is 11.5 Å². The Hall–Kier alpha value is -3.52. The van der Waals surface area contributed by atoms with E-state index in [4.69, 9.17) is 13.9 Å². The standard InChI is InChI=1S/C23H21N3O4S/c1-3-29-18-11-9-17(10-12-18)26-21(16-7-5-4-6-8-16)24-25-23(26)31-15-19-13-14-20(30-19)22(27)28-2/h4-14H,3,15H2,1-2H3. The molecule has 2 aromatic carbocycles. The number of aromatic nitrogens is 3. The van der Waals surface area contributed by atoms with Crippen LogP contribution < -0.4 is 4.74 Å². The van der Waals surface area contributed by atoms with Gasteiger partial charge < -0.3 is 13.9 Å². The lowest BCUT2D eigenvalue weighted by molar-refractivity contribution is 0.0563. The van der Waals surface area contributed by atoms with Crippen molar-refractivity contribution in [3.63, 3.8) is 0 Å². The van der Waals surface area contributed by atoms with Crippen LogP contribution in [0.4, 0.5) is 0 Å². The fraction of sp³-hybridized carbons (Fsp3) is 0.174. The summed E-state index contributed by atoms with van der Waals surface area (Å²) in [5, 5.41) is 9.56. The number of hydrogen-bond donors (Lipinski definition) is 0. The first-order chi connectivity index (χ1) is 15.2. The number of ether oxygens (including phenoxy) is 2. The number of benzene rings is 2. The third-order valence-corrected chi connectivity index (χ3v) is 5.41. The number of furan rings is 1. The van der Waals surface area contributed by atoms with Crippen molar-refractivity contribution in [2.75, 3.05) is 13.7 Å². The van der Waals surface area contributed by atoms with Gasteiger partial charge in [0.2, 0.25) is 5.76 Å². The maximum Gasteiger partial charge on any atom is 0.373 e. The summed E-state index contributed by atoms with van der Waals surface area (Å²) in [6, 6.07) is 21.1. The Morgan fingerprint density at radius 2 is 1.81 bits per heavy atom. The fourth-order valence-corrected chi connectivity index (χ4v) is 3.88. The smallest absolute Gasteiger partial charge is 0.373 e. The number of hydrogen-bond acceptors (Lipinski definition) is 7. The van der Waals surface area contributed by atoms with Crippen molar-refractivity contribution < 1.29 is 18.7 Å². The van der Waals surface area contributed by atoms with Crippen LogP contribution in [0.15, 0.2) is 76.3 Å². The van der Waals surface area contributed by atoms with E-state index >= 15 is 0 Å². The van der Waals surface area contributed by atoms with Crippen LogP contribution in [0.3, 0.4) is 0 Å². The highest BCUT2D eigenvalue weighted by molar-refractivity contribution is 7.98. The molecule has 0 bridgehead atoms. The Balaban J connectivity index is 1.65. The van der Waals surface area contributed by atoms with Crippen LogP contribution in [0.1, 0.15) is 23.2 Å². The zero-order valence-corrected chi connectivity index (χ0v) is 18.0. The van der Waals surface area contributed by atoms with E-state index < -0.39 is 5.97 Å². The molecule has 0 aliphatic carbocycles. The highest BCUT2D eigenvalue weighted by Crippen LogP contribution is 2.30. The molecule has 0 unspecified atom stereocenters. The van der Waals surface area contributed by atoms with E-state index in [1.807, 2.05) is 66.1 Å². The molecule has 2 aromatic heterocycles. The zero-order chi connectivity index (χ0) is 21.6. The van der Waals surface area contributed by atoms with E-state index in [0.29, 0.717) is 23.3 Å². The number of carbonyl (C=O) groups excluding carboxylic acids is 1. The molecular formula is C23H21N3O4S. The molecule has 4 rings (SSSR count). The molecule has 0 aliphatic heterocycles. The molecule has 7 nitrogen and oxygen atoms in total. The van der Waals surface area contributed by atoms with Crippen LogP contribution >= 0.6 is 11.8 Å². The van der Waals surface area contributed by atoms with Crippen LogP contribution in [0.25, 0.3) is 17.1 Å². The minimum absolute atomic E-state index is 0.177. The summed E-state index contributed by atoms with van der Waals surface area (Å²) in [5.41, 5.74) is 1.88. The molecule has 2 heterocycles. The maximum atomic E-state index is 11.6. The third kappa shape index (κ3) is 4.64. The molecular weight excluding hydrogens is 414 g/mol. The van der Waals surface area contributed by atoms with Crippen LogP contribution in [0.2, 0.25) is 0 Å². The van der Waals surface area contributed by atoms with Crippen molar-refractivity contribution in [2.24, 2.45) is 0 Å². The summed E-state index contributed by atoms with van der Waals surface area (Å²) in [5.74, 6) is 2.35. The summed E-state index contributed by atoms with van der Waals surface area (Å²) in [7, 11) is 1.32. The first kappa shape index (κ1) is 20.7. The summed E-state index contributed by atoms with van der Waals surface area (Å²) >= 11 is 1.47. The number of thioether (sulfide) groups is 1. The molecule has 0 saturated heterocycles. The van der Waals surface area contributed by atoms with Crippen molar-refractivity contribution in [3.8, 4) is 22.8 Å². The van der Waals surface area contributed by atoms with Gasteiger partial charge in [-0.2, -0.15) is 0 Å². The lowest BCUT2D eigenvalue weighted by atomic mass is 10.2. The molecule has 4 aromatic rings. The Kier molecular flexibility index (Phi) is 6.37. The molecule has 0 fully saturated rings. The largest absolute Gasteiger partial charge is 0.494 e. The lowest BCUT2D eigenvalue weighted by Gasteiger charge is -2.11. The van der Waals surface area contributed by atoms with E-state index in [9.17, 15) is 4.79 Å². The second kappa shape index (κ2) is 9.53. The Labute approximate surface area is 184 Å². The minimum atomic E-state index is -0.500. The lowest BCUT2D eigenvalue weighted by Crippen LogP contribution is -2.00. The molecule has 0 aliphatic rings. The van der Waals surface area contributed by atoms with Crippen molar-refractivity contribution in [2.45, 2.75) is 17.8 Å². The van der Waals surface area contributed by atoms with E-state index in [1.54, 1.807) is 12.1 Å². The number of esters is 1. The molecule has 0 amide bonds. The van der Waals surface area contributed by atoms with Gasteiger partial charge in [0.15, 0.2) is 11.0 Å². The minimum Gasteiger partial charge on any atom is -0.494 e. The van der Waals surface area contributed by atoms with Gasteiger partial charge in [-0.15, -0.1) is 10.2 Å². The number of rotatable bonds is 8. The molecule has 158 valence electrons. The number of carbonyl (C=O) groups is 1. The van der Waals surface area contributed by atoms with Crippen molar-refractivity contribution in [3.05, 3.63) is 78.3 Å². The number of methoxy groups -OCH3 is 1. The van der Waals surface area contributed by atoms with Crippen LogP contribution in [0.5, 0.6) is 5.75 Å². The topological polar surface area (TPSA) is 79.4 Å². The quantitative estimate of drug-likeness (QED) is 0.284. The first-order valence-electron chi connectivity index (χ1n) is 9.73. The maximum absolute atomic E-state index is 11.6. The normalized spacial score (nSPS) is 10.8. The van der Waals surface area contributed by atoms with Crippen LogP contribution in [-0.2, 0) is 10.5 Å². The zero-order valence-electron chi connectivity index (χ0n) is 17.1. The second-order valence-electron chi connectivity index (χ2n) is 6.48. The van der Waals surface area contributed by atoms with Gasteiger partial charge in [0.25, 0.3) is 0 Å². The van der Waals surface area contributed by atoms with Gasteiger partial charge in [-0.1, -0.05) is 42.1 Å². The summed E-state index contributed by atoms with van der Waals surface area (Å²) < 4.78 is 17.8. The Bertz CT molecular complexity index is 1150. The van der Waals surface area contributed by atoms with Gasteiger partial charge in [0, 0.05) is 11.3 Å². The SMILES string of the molecule is CCOc1ccc(-n2c(SCc3ccc(C(=O)OC)o3)nnc2-c2ccccc2)cc1. The van der Waals surface area contributed by atoms with Crippen molar-refractivity contribution in [1.82, 2.24) is 14.8 Å². The van der Waals surface area contributed by atoms with Gasteiger partial charge in [-0.05, 0) is 43.3 Å². The van der Waals surface area contributed by atoms with Crippen molar-refractivity contribution in [1.29, 1.82) is 0 Å². The fourth-order valence-electron chi connectivity index (χ4n) is 3.03. The van der Waals surface area contributed by atoms with E-state index in [0.717, 1.165) is 22.8 Å². The predicted octanol–water partition coefficient (Wildman–Crippen LogP) is 5.00. The Morgan fingerprint density at radius 3 is 2.52 bits per heavy atom. The third-order valence-electron chi connectivity index (χ3n) is 4.46. The molecule has 0 atom stereocenters. The molecule has 31 heavy (non-hydrogen) atoms. The summed E-state index contributed by atoms with van der Waals surface area (Å²) in [6.45, 7) is 2.56. The highest BCUT2D eigenvalue weighted by Gasteiger charge is 2.18. The monoisotopic (exact) mass is 435 g/mol. The Morgan fingerprint density at radius 1 is 1.03 bits per heavy atom. The number of nitrogens with zero attached hydrogens (tertiary/aromatic N) is 3. The van der Waals surface area contributed by atoms with Gasteiger partial charge in [0.05, 0.1) is 19.5 Å². The van der Waals surface area contributed by atoms with Gasteiger partial charge in [-0.25, -0.2) is 4.79 Å². The van der Waals surface area contributed by atoms with Crippen LogP contribution in [0, 0.1) is 0 Å². The van der Waals surface area contributed by atoms with E-state index in [-0.39, 0.29) is 5.76 Å². The van der Waals surface area contributed by atoms with E-state index in [1.165, 1.54) is 18.9 Å². The van der Waals surface area contributed by atoms with Gasteiger partial charge in [-0.3, -0.25) is 4.57 Å². The van der Waals surface area contributed by atoms with Crippen molar-refractivity contribution >= 4 is 17.7 Å². The van der Waals surface area contributed by atoms with E-state index in [2.05, 4.69) is 10.2 Å². The predicted molar refractivity (Wildman–Crippen MR) is 118 cm³/mol. The molecule has 0 saturated carbocycles. The summed E-state index contributed by atoms with van der Waals surface area (Å²) in [6.07, 6.45) is 0. The molecule has 0 radical (unpaired) electrons. The van der Waals surface area contributed by atoms with Gasteiger partial charge >= 0.3 is 5.97 Å².